The number of nitrogens with zero attached hydrogens (tertiary/aromatic N) is 1. The molecule has 0 aromatic heterocycles. The van der Waals surface area contributed by atoms with Crippen molar-refractivity contribution in [1.29, 1.82) is 0 Å². The molecule has 162 valence electrons. The zero-order chi connectivity index (χ0) is 22.4. The van der Waals surface area contributed by atoms with Crippen LogP contribution in [0.4, 0.5) is 5.69 Å². The van der Waals surface area contributed by atoms with E-state index in [0.717, 1.165) is 6.42 Å². The van der Waals surface area contributed by atoms with E-state index in [1.165, 1.54) is 13.0 Å². The number of nitrogens with one attached hydrogen (secondary N) is 2. The molecule has 3 heterocycles. The van der Waals surface area contributed by atoms with Gasteiger partial charge in [0.1, 0.15) is 22.8 Å². The van der Waals surface area contributed by atoms with Crippen molar-refractivity contribution in [1.82, 2.24) is 10.2 Å². The van der Waals surface area contributed by atoms with Gasteiger partial charge < -0.3 is 20.3 Å². The largest absolute Gasteiger partial charge is 0.456 e. The second-order valence-electron chi connectivity index (χ2n) is 8.60. The number of fused-ring (bicyclic) bond motifs is 2. The average molecular weight is 423 g/mol. The second kappa shape index (κ2) is 7.37. The topological polar surface area (TPSA) is 105 Å². The quantitative estimate of drug-likeness (QED) is 0.436. The minimum Gasteiger partial charge on any atom is -0.456 e. The van der Waals surface area contributed by atoms with Crippen molar-refractivity contribution in [3.8, 4) is 0 Å². The summed E-state index contributed by atoms with van der Waals surface area (Å²) in [6.07, 6.45) is 6.15. The molecule has 2 atom stereocenters. The van der Waals surface area contributed by atoms with Gasteiger partial charge in [0.05, 0.1) is 0 Å². The van der Waals surface area contributed by atoms with Crippen LogP contribution in [-0.2, 0) is 29.3 Å². The maximum Gasteiger partial charge on any atom is 0.303 e. The van der Waals surface area contributed by atoms with Crippen LogP contribution in [0.5, 0.6) is 0 Å². The zero-order valence-corrected chi connectivity index (χ0v) is 17.7. The summed E-state index contributed by atoms with van der Waals surface area (Å²) >= 11 is 0. The summed E-state index contributed by atoms with van der Waals surface area (Å²) in [4.78, 5) is 51.9. The summed E-state index contributed by atoms with van der Waals surface area (Å²) in [7, 11) is 0. The first kappa shape index (κ1) is 20.8. The molecule has 8 nitrogen and oxygen atoms in total. The van der Waals surface area contributed by atoms with Gasteiger partial charge in [-0.25, -0.2) is 0 Å². The normalized spacial score (nSPS) is 26.7. The van der Waals surface area contributed by atoms with Gasteiger partial charge in [-0.2, -0.15) is 0 Å². The van der Waals surface area contributed by atoms with E-state index in [2.05, 4.69) is 10.6 Å². The van der Waals surface area contributed by atoms with Gasteiger partial charge in [-0.05, 0) is 50.5 Å². The molecule has 2 fully saturated rings. The van der Waals surface area contributed by atoms with Crippen LogP contribution in [0.3, 0.4) is 0 Å². The Kier molecular flexibility index (Phi) is 4.95. The number of benzene rings is 1. The number of ether oxygens (including phenoxy) is 1. The third-order valence-electron chi connectivity index (χ3n) is 5.83. The Hall–Kier alpha value is -3.42. The Bertz CT molecular complexity index is 1040. The number of carbonyl (C=O) groups excluding carboxylic acids is 4. The highest BCUT2D eigenvalue weighted by atomic mass is 16.6. The number of para-hydroxylation sites is 1. The first-order chi connectivity index (χ1) is 14.6. The van der Waals surface area contributed by atoms with E-state index in [1.807, 2.05) is 0 Å². The van der Waals surface area contributed by atoms with E-state index in [9.17, 15) is 19.2 Å². The number of piperazine rings is 1. The van der Waals surface area contributed by atoms with Crippen molar-refractivity contribution < 1.29 is 23.9 Å². The van der Waals surface area contributed by atoms with Crippen LogP contribution < -0.4 is 10.6 Å². The Labute approximate surface area is 180 Å². The minimum absolute atomic E-state index is 0.0740. The molecule has 3 amide bonds. The standard InChI is InChI=1S/C23H25N3O5/c1-14(27)31-22(2,3)10-11-23(15-7-4-5-8-16(15)25-21(23)30)13-17-20(29)26-12-6-9-18(26)19(28)24-17/h4-5,7-8,10-11,13,18H,6,9,12H2,1-3H3,(H,24,28)(H,25,30)/b11-10+,17-13-/t18-,23+/m0/s1. The Morgan fingerprint density at radius 2 is 1.97 bits per heavy atom. The SMILES string of the molecule is CC(=O)OC(C)(C)/C=C/[C@]1(/C=C2\NC(=O)[C@@H]3CCCN3C2=O)C(=O)Nc2ccccc21. The molecule has 0 radical (unpaired) electrons. The summed E-state index contributed by atoms with van der Waals surface area (Å²) in [6, 6.07) is 6.72. The number of hydrogen-bond donors (Lipinski definition) is 2. The molecular formula is C23H25N3O5. The number of hydrogen-bond acceptors (Lipinski definition) is 5. The lowest BCUT2D eigenvalue weighted by atomic mass is 9.79. The molecule has 1 aromatic rings. The average Bonchev–Trinajstić information content (AvgIpc) is 3.28. The molecule has 8 heteroatoms. The summed E-state index contributed by atoms with van der Waals surface area (Å²) in [5.74, 6) is -1.35. The number of esters is 1. The van der Waals surface area contributed by atoms with Crippen molar-refractivity contribution in [2.24, 2.45) is 0 Å². The van der Waals surface area contributed by atoms with Gasteiger partial charge in [-0.1, -0.05) is 24.3 Å². The fourth-order valence-electron chi connectivity index (χ4n) is 4.43. The van der Waals surface area contributed by atoms with Crippen molar-refractivity contribution in [2.45, 2.75) is 50.7 Å². The molecule has 3 aliphatic rings. The third-order valence-corrected chi connectivity index (χ3v) is 5.83. The molecule has 0 aliphatic carbocycles. The smallest absolute Gasteiger partial charge is 0.303 e. The Balaban J connectivity index is 1.82. The third kappa shape index (κ3) is 3.62. The number of carbonyl (C=O) groups is 4. The maximum absolute atomic E-state index is 13.2. The number of anilines is 1. The molecule has 0 bridgehead atoms. The van der Waals surface area contributed by atoms with E-state index < -0.39 is 23.0 Å². The molecule has 1 aromatic carbocycles. The second-order valence-corrected chi connectivity index (χ2v) is 8.60. The number of rotatable bonds is 4. The van der Waals surface area contributed by atoms with E-state index in [-0.39, 0.29) is 23.4 Å². The Morgan fingerprint density at radius 3 is 2.71 bits per heavy atom. The van der Waals surface area contributed by atoms with E-state index >= 15 is 0 Å². The predicted molar refractivity (Wildman–Crippen MR) is 113 cm³/mol. The van der Waals surface area contributed by atoms with Gasteiger partial charge in [0.15, 0.2) is 0 Å². The fraction of sp³-hybridized carbons (Fsp3) is 0.391. The van der Waals surface area contributed by atoms with Gasteiger partial charge in [0.2, 0.25) is 11.8 Å². The lowest BCUT2D eigenvalue weighted by Gasteiger charge is -2.32. The van der Waals surface area contributed by atoms with E-state index in [0.29, 0.717) is 24.2 Å². The lowest BCUT2D eigenvalue weighted by Crippen LogP contribution is -2.54. The molecule has 4 rings (SSSR count). The highest BCUT2D eigenvalue weighted by Gasteiger charge is 2.47. The van der Waals surface area contributed by atoms with Crippen LogP contribution in [0.25, 0.3) is 0 Å². The molecule has 31 heavy (non-hydrogen) atoms. The van der Waals surface area contributed by atoms with Gasteiger partial charge >= 0.3 is 5.97 Å². The molecule has 3 aliphatic heterocycles. The molecule has 2 N–H and O–H groups in total. The molecule has 0 unspecified atom stereocenters. The predicted octanol–water partition coefficient (Wildman–Crippen LogP) is 1.78. The van der Waals surface area contributed by atoms with Crippen LogP contribution in [0.2, 0.25) is 0 Å². The van der Waals surface area contributed by atoms with Crippen molar-refractivity contribution in [3.63, 3.8) is 0 Å². The van der Waals surface area contributed by atoms with Crippen molar-refractivity contribution >= 4 is 29.4 Å². The molecular weight excluding hydrogens is 398 g/mol. The van der Waals surface area contributed by atoms with Gasteiger partial charge in [-0.3, -0.25) is 19.2 Å². The van der Waals surface area contributed by atoms with Crippen LogP contribution in [0, 0.1) is 0 Å². The highest BCUT2D eigenvalue weighted by molar-refractivity contribution is 6.11. The van der Waals surface area contributed by atoms with Crippen molar-refractivity contribution in [3.05, 3.63) is 53.8 Å². The summed E-state index contributed by atoms with van der Waals surface area (Å²) in [5, 5.41) is 5.55. The van der Waals surface area contributed by atoms with Gasteiger partial charge in [0.25, 0.3) is 5.91 Å². The summed E-state index contributed by atoms with van der Waals surface area (Å²) in [5.41, 5.74) is -0.987. The summed E-state index contributed by atoms with van der Waals surface area (Å²) < 4.78 is 5.33. The van der Waals surface area contributed by atoms with Gasteiger partial charge in [0, 0.05) is 19.2 Å². The molecule has 0 spiro atoms. The first-order valence-corrected chi connectivity index (χ1v) is 10.3. The van der Waals surface area contributed by atoms with Crippen LogP contribution in [0.1, 0.15) is 39.2 Å². The zero-order valence-electron chi connectivity index (χ0n) is 17.7. The fourth-order valence-corrected chi connectivity index (χ4v) is 4.43. The Morgan fingerprint density at radius 1 is 1.23 bits per heavy atom. The number of amides is 3. The monoisotopic (exact) mass is 423 g/mol. The highest BCUT2D eigenvalue weighted by Crippen LogP contribution is 2.42. The summed E-state index contributed by atoms with van der Waals surface area (Å²) in [6.45, 7) is 5.23. The van der Waals surface area contributed by atoms with Crippen LogP contribution in [0.15, 0.2) is 48.2 Å². The lowest BCUT2D eigenvalue weighted by molar-refractivity contribution is -0.149. The van der Waals surface area contributed by atoms with Crippen molar-refractivity contribution in [2.75, 3.05) is 11.9 Å². The minimum atomic E-state index is -1.35. The molecule has 2 saturated heterocycles. The maximum atomic E-state index is 13.2. The first-order valence-electron chi connectivity index (χ1n) is 10.3. The van der Waals surface area contributed by atoms with Crippen LogP contribution >= 0.6 is 0 Å². The van der Waals surface area contributed by atoms with E-state index in [1.54, 1.807) is 55.2 Å². The van der Waals surface area contributed by atoms with Crippen LogP contribution in [-0.4, -0.2) is 46.8 Å². The van der Waals surface area contributed by atoms with Gasteiger partial charge in [-0.15, -0.1) is 0 Å². The molecule has 0 saturated carbocycles. The van der Waals surface area contributed by atoms with E-state index in [4.69, 9.17) is 4.74 Å².